The average Bonchev–Trinajstić information content (AvgIpc) is 3.29. The Bertz CT molecular complexity index is 1150. The lowest BCUT2D eigenvalue weighted by atomic mass is 10.2. The molecule has 1 atom stereocenters. The first-order valence-electron chi connectivity index (χ1n) is 8.60. The Kier molecular flexibility index (Phi) is 6.44. The van der Waals surface area contributed by atoms with Crippen LogP contribution in [-0.2, 0) is 14.8 Å². The van der Waals surface area contributed by atoms with Gasteiger partial charge in [-0.3, -0.25) is 14.3 Å². The zero-order valence-corrected chi connectivity index (χ0v) is 17.9. The van der Waals surface area contributed by atoms with E-state index in [1.165, 1.54) is 29.6 Å². The van der Waals surface area contributed by atoms with Crippen molar-refractivity contribution in [1.29, 1.82) is 5.26 Å². The number of carbonyl (C=O) groups excluding carboxylic acids is 2. The summed E-state index contributed by atoms with van der Waals surface area (Å²) >= 11 is 6.57. The molecule has 1 aromatic carbocycles. The number of halogens is 3. The monoisotopic (exact) mass is 489 g/mol. The number of thiazole rings is 1. The molecule has 2 heterocycles. The number of hydrogen-bond acceptors (Lipinski definition) is 7. The molecule has 0 unspecified atom stereocenters. The van der Waals surface area contributed by atoms with E-state index in [-0.39, 0.29) is 15.7 Å². The largest absolute Gasteiger partial charge is 0.342 e. The molecule has 14 heteroatoms. The highest BCUT2D eigenvalue weighted by Gasteiger charge is 2.47. The Morgan fingerprint density at radius 1 is 1.35 bits per heavy atom. The zero-order chi connectivity index (χ0) is 22.8. The Balaban J connectivity index is 1.60. The second-order valence-electron chi connectivity index (χ2n) is 6.51. The summed E-state index contributed by atoms with van der Waals surface area (Å²) < 4.78 is 53.8. The second-order valence-corrected chi connectivity index (χ2v) is 9.48. The van der Waals surface area contributed by atoms with Crippen molar-refractivity contribution < 1.29 is 26.8 Å². The SMILES string of the molecule is N#C[C@@H]1CC(F)(F)CN1C(=O)CNC(=O)c1csc(NS(=O)(=O)c2ccc(Cl)cc2)n1. The van der Waals surface area contributed by atoms with E-state index in [1.54, 1.807) is 6.07 Å². The zero-order valence-electron chi connectivity index (χ0n) is 15.5. The van der Waals surface area contributed by atoms with Gasteiger partial charge in [-0.25, -0.2) is 22.2 Å². The number of hydrogen-bond donors (Lipinski definition) is 2. The molecule has 31 heavy (non-hydrogen) atoms. The normalized spacial score (nSPS) is 17.7. The Hall–Kier alpha value is -2.82. The van der Waals surface area contributed by atoms with E-state index < -0.39 is 53.3 Å². The van der Waals surface area contributed by atoms with Crippen molar-refractivity contribution >= 4 is 49.9 Å². The van der Waals surface area contributed by atoms with Crippen LogP contribution in [0.3, 0.4) is 0 Å². The highest BCUT2D eigenvalue weighted by atomic mass is 35.5. The molecule has 0 aliphatic carbocycles. The van der Waals surface area contributed by atoms with Crippen molar-refractivity contribution in [1.82, 2.24) is 15.2 Å². The summed E-state index contributed by atoms with van der Waals surface area (Å²) in [4.78, 5) is 28.8. The topological polar surface area (TPSA) is 132 Å². The van der Waals surface area contributed by atoms with E-state index in [4.69, 9.17) is 16.9 Å². The van der Waals surface area contributed by atoms with E-state index in [1.807, 2.05) is 0 Å². The molecule has 164 valence electrons. The second kappa shape index (κ2) is 8.74. The molecule has 2 aromatic rings. The molecule has 9 nitrogen and oxygen atoms in total. The van der Waals surface area contributed by atoms with Crippen LogP contribution in [0.2, 0.25) is 5.02 Å². The molecule has 2 N–H and O–H groups in total. The number of anilines is 1. The maximum atomic E-state index is 13.4. The molecule has 1 saturated heterocycles. The number of benzene rings is 1. The minimum atomic E-state index is -3.95. The number of amides is 2. The van der Waals surface area contributed by atoms with E-state index in [0.717, 1.165) is 11.3 Å². The smallest absolute Gasteiger partial charge is 0.271 e. The van der Waals surface area contributed by atoms with Crippen molar-refractivity contribution in [3.63, 3.8) is 0 Å². The van der Waals surface area contributed by atoms with Gasteiger partial charge >= 0.3 is 0 Å². The van der Waals surface area contributed by atoms with E-state index in [9.17, 15) is 26.8 Å². The quantitative estimate of drug-likeness (QED) is 0.638. The summed E-state index contributed by atoms with van der Waals surface area (Å²) in [6.45, 7) is -1.51. The van der Waals surface area contributed by atoms with Crippen LogP contribution in [-0.4, -0.2) is 55.2 Å². The van der Waals surface area contributed by atoms with Crippen LogP contribution >= 0.6 is 22.9 Å². The minimum absolute atomic E-state index is 0.0573. The summed E-state index contributed by atoms with van der Waals surface area (Å²) in [6, 6.07) is 5.78. The molecule has 1 fully saturated rings. The molecule has 1 aliphatic rings. The first-order chi connectivity index (χ1) is 14.5. The number of alkyl halides is 2. The molecule has 0 bridgehead atoms. The van der Waals surface area contributed by atoms with Crippen molar-refractivity contribution in [2.75, 3.05) is 17.8 Å². The molecule has 1 aromatic heterocycles. The summed E-state index contributed by atoms with van der Waals surface area (Å²) in [7, 11) is -3.95. The number of likely N-dealkylation sites (tertiary alicyclic amines) is 1. The predicted molar refractivity (Wildman–Crippen MR) is 107 cm³/mol. The lowest BCUT2D eigenvalue weighted by molar-refractivity contribution is -0.131. The maximum absolute atomic E-state index is 13.4. The highest BCUT2D eigenvalue weighted by molar-refractivity contribution is 7.93. The highest BCUT2D eigenvalue weighted by Crippen LogP contribution is 2.31. The maximum Gasteiger partial charge on any atom is 0.271 e. The standard InChI is InChI=1S/C17H14ClF2N5O4S2/c18-10-1-3-12(4-2-10)31(28,29)24-16-23-13(8-30-16)15(27)22-7-14(26)25-9-17(19,20)5-11(25)6-21/h1-4,8,11H,5,7,9H2,(H,22,27)(H,23,24)/t11-/m0/s1. The summed E-state index contributed by atoms with van der Waals surface area (Å²) in [5, 5.41) is 12.7. The number of nitrogens with one attached hydrogen (secondary N) is 2. The van der Waals surface area contributed by atoms with Gasteiger partial charge in [-0.15, -0.1) is 11.3 Å². The van der Waals surface area contributed by atoms with E-state index >= 15 is 0 Å². The van der Waals surface area contributed by atoms with Gasteiger partial charge in [0.25, 0.3) is 21.9 Å². The van der Waals surface area contributed by atoms with Crippen LogP contribution in [0.4, 0.5) is 13.9 Å². The number of carbonyl (C=O) groups is 2. The summed E-state index contributed by atoms with van der Waals surface area (Å²) in [5.41, 5.74) is -0.171. The fourth-order valence-electron chi connectivity index (χ4n) is 2.75. The molecule has 1 aliphatic heterocycles. The van der Waals surface area contributed by atoms with Gasteiger partial charge in [-0.2, -0.15) is 5.26 Å². The van der Waals surface area contributed by atoms with Gasteiger partial charge in [0, 0.05) is 16.8 Å². The van der Waals surface area contributed by atoms with Crippen LogP contribution in [0.1, 0.15) is 16.9 Å². The van der Waals surface area contributed by atoms with Gasteiger partial charge in [-0.1, -0.05) is 11.6 Å². The van der Waals surface area contributed by atoms with Crippen molar-refractivity contribution in [3.05, 3.63) is 40.4 Å². The lowest BCUT2D eigenvalue weighted by Crippen LogP contribution is -2.43. The van der Waals surface area contributed by atoms with Crippen molar-refractivity contribution in [2.24, 2.45) is 0 Å². The molecule has 2 amide bonds. The van der Waals surface area contributed by atoms with E-state index in [0.29, 0.717) is 9.92 Å². The number of nitriles is 1. The summed E-state index contributed by atoms with van der Waals surface area (Å²) in [5.74, 6) is -4.80. The third-order valence-electron chi connectivity index (χ3n) is 4.22. The van der Waals surface area contributed by atoms with Crippen LogP contribution in [0.25, 0.3) is 0 Å². The fourth-order valence-corrected chi connectivity index (χ4v) is 4.82. The molecule has 0 saturated carbocycles. The van der Waals surface area contributed by atoms with Gasteiger partial charge in [0.2, 0.25) is 5.91 Å². The number of rotatable bonds is 6. The van der Waals surface area contributed by atoms with Crippen LogP contribution < -0.4 is 10.0 Å². The molecule has 0 radical (unpaired) electrons. The predicted octanol–water partition coefficient (Wildman–Crippen LogP) is 2.09. The van der Waals surface area contributed by atoms with E-state index in [2.05, 4.69) is 15.0 Å². The van der Waals surface area contributed by atoms with Crippen LogP contribution in [0.5, 0.6) is 0 Å². The van der Waals surface area contributed by atoms with Crippen molar-refractivity contribution in [2.45, 2.75) is 23.3 Å². The van der Waals surface area contributed by atoms with Gasteiger partial charge in [0.15, 0.2) is 5.13 Å². The first kappa shape index (κ1) is 22.9. The molecule has 3 rings (SSSR count). The number of nitrogens with zero attached hydrogens (tertiary/aromatic N) is 3. The van der Waals surface area contributed by atoms with Gasteiger partial charge in [0.1, 0.15) is 11.7 Å². The average molecular weight is 490 g/mol. The fraction of sp³-hybridized carbons (Fsp3) is 0.294. The third-order valence-corrected chi connectivity index (χ3v) is 6.72. The van der Waals surface area contributed by atoms with Gasteiger partial charge in [-0.05, 0) is 24.3 Å². The molecule has 0 spiro atoms. The first-order valence-corrected chi connectivity index (χ1v) is 11.3. The van der Waals surface area contributed by atoms with Crippen LogP contribution in [0.15, 0.2) is 34.5 Å². The Morgan fingerprint density at radius 2 is 2.03 bits per heavy atom. The lowest BCUT2D eigenvalue weighted by Gasteiger charge is -2.19. The third kappa shape index (κ3) is 5.46. The summed E-state index contributed by atoms with van der Waals surface area (Å²) in [6.07, 6.45) is -0.758. The number of sulfonamides is 1. The molecular formula is C17H14ClF2N5O4S2. The van der Waals surface area contributed by atoms with Gasteiger partial charge < -0.3 is 10.2 Å². The Morgan fingerprint density at radius 3 is 2.68 bits per heavy atom. The Labute approximate surface area is 184 Å². The van der Waals surface area contributed by atoms with Crippen molar-refractivity contribution in [3.8, 4) is 6.07 Å². The van der Waals surface area contributed by atoms with Gasteiger partial charge in [0.05, 0.1) is 24.1 Å². The minimum Gasteiger partial charge on any atom is -0.342 e. The molecular weight excluding hydrogens is 476 g/mol. The van der Waals surface area contributed by atoms with Crippen LogP contribution in [0, 0.1) is 11.3 Å². The number of aromatic nitrogens is 1.